The fourth-order valence-corrected chi connectivity index (χ4v) is 4.76. The number of esters is 1. The van der Waals surface area contributed by atoms with Gasteiger partial charge in [-0.25, -0.2) is 0 Å². The number of nitrogens with zero attached hydrogens (tertiary/aromatic N) is 2. The first-order valence-corrected chi connectivity index (χ1v) is 14.0. The van der Waals surface area contributed by atoms with Gasteiger partial charge < -0.3 is 24.3 Å². The number of nitrogens with one attached hydrogen (secondary N) is 1. The highest BCUT2D eigenvalue weighted by Crippen LogP contribution is 2.35. The van der Waals surface area contributed by atoms with Crippen LogP contribution in [-0.4, -0.2) is 55.7 Å². The molecule has 0 unspecified atom stereocenters. The van der Waals surface area contributed by atoms with E-state index in [1.807, 2.05) is 63.5 Å². The van der Waals surface area contributed by atoms with Gasteiger partial charge in [0.2, 0.25) is 5.91 Å². The summed E-state index contributed by atoms with van der Waals surface area (Å²) in [4.78, 5) is 41.2. The van der Waals surface area contributed by atoms with Gasteiger partial charge in [-0.3, -0.25) is 14.4 Å². The van der Waals surface area contributed by atoms with Gasteiger partial charge >= 0.3 is 5.97 Å². The molecule has 8 nitrogen and oxygen atoms in total. The molecular formula is C34H41N3O5. The van der Waals surface area contributed by atoms with Crippen molar-refractivity contribution in [2.45, 2.75) is 38.3 Å². The minimum Gasteiger partial charge on any atom is -0.489 e. The van der Waals surface area contributed by atoms with Crippen molar-refractivity contribution in [1.82, 2.24) is 14.8 Å². The van der Waals surface area contributed by atoms with Gasteiger partial charge in [-0.2, -0.15) is 0 Å². The Kier molecular flexibility index (Phi) is 11.9. The third-order valence-electron chi connectivity index (χ3n) is 6.96. The first-order chi connectivity index (χ1) is 20.2. The van der Waals surface area contributed by atoms with Crippen LogP contribution in [0.25, 0.3) is 11.1 Å². The number of ether oxygens (including phenoxy) is 2. The molecule has 0 saturated heterocycles. The molecule has 0 bridgehead atoms. The van der Waals surface area contributed by atoms with E-state index in [0.29, 0.717) is 17.9 Å². The standard InChI is InChI=1S/C34H41N3O5/c1-7-11-29(37-23-25(16-17-31(37)38)18-19-36(4)5)34(40)35-28(22-32(39)41-6)26-13-10-14-27(21-26)33-24(3)12-9-15-30(33)42-20-8-2/h7-10,12-17,21,23,28-29H,1-2,11,18-20,22H2,3-6H3,(H,35,40)/t28-,29-/m0/s1. The van der Waals surface area contributed by atoms with Crippen LogP contribution in [-0.2, 0) is 20.7 Å². The molecule has 3 rings (SSSR count). The van der Waals surface area contributed by atoms with Crippen LogP contribution < -0.4 is 15.6 Å². The van der Waals surface area contributed by atoms with Gasteiger partial charge in [0.05, 0.1) is 19.6 Å². The zero-order valence-corrected chi connectivity index (χ0v) is 25.0. The van der Waals surface area contributed by atoms with Crippen LogP contribution >= 0.6 is 0 Å². The van der Waals surface area contributed by atoms with Crippen LogP contribution in [0.2, 0.25) is 0 Å². The molecule has 0 aliphatic heterocycles. The number of aryl methyl sites for hydroxylation is 1. The number of methoxy groups -OCH3 is 1. The summed E-state index contributed by atoms with van der Waals surface area (Å²) in [6.07, 6.45) is 5.91. The molecule has 0 aliphatic rings. The number of aromatic nitrogens is 1. The number of amides is 1. The first kappa shape index (κ1) is 32.1. The smallest absolute Gasteiger partial charge is 0.307 e. The lowest BCUT2D eigenvalue weighted by Crippen LogP contribution is -2.39. The van der Waals surface area contributed by atoms with E-state index in [0.717, 1.165) is 35.2 Å². The van der Waals surface area contributed by atoms with Crippen molar-refractivity contribution in [3.05, 3.63) is 113 Å². The topological polar surface area (TPSA) is 89.9 Å². The van der Waals surface area contributed by atoms with Crippen molar-refractivity contribution in [2.24, 2.45) is 0 Å². The Morgan fingerprint density at radius 3 is 2.52 bits per heavy atom. The average molecular weight is 572 g/mol. The summed E-state index contributed by atoms with van der Waals surface area (Å²) in [7, 11) is 5.27. The van der Waals surface area contributed by atoms with Crippen LogP contribution in [0.4, 0.5) is 0 Å². The molecule has 0 radical (unpaired) electrons. The zero-order chi connectivity index (χ0) is 30.6. The van der Waals surface area contributed by atoms with Crippen LogP contribution in [0.15, 0.2) is 90.9 Å². The maximum Gasteiger partial charge on any atom is 0.307 e. The van der Waals surface area contributed by atoms with Crippen molar-refractivity contribution in [3.63, 3.8) is 0 Å². The number of carbonyl (C=O) groups excluding carboxylic acids is 2. The molecule has 0 fully saturated rings. The largest absolute Gasteiger partial charge is 0.489 e. The van der Waals surface area contributed by atoms with Crippen LogP contribution in [0.5, 0.6) is 5.75 Å². The number of likely N-dealkylation sites (N-methyl/N-ethyl adjacent to an activating group) is 1. The molecule has 2 atom stereocenters. The molecule has 222 valence electrons. The van der Waals surface area contributed by atoms with E-state index < -0.39 is 24.0 Å². The van der Waals surface area contributed by atoms with Crippen LogP contribution in [0, 0.1) is 6.92 Å². The van der Waals surface area contributed by atoms with Crippen molar-refractivity contribution in [2.75, 3.05) is 34.4 Å². The van der Waals surface area contributed by atoms with Crippen LogP contribution in [0.3, 0.4) is 0 Å². The lowest BCUT2D eigenvalue weighted by molar-refractivity contribution is -0.141. The summed E-state index contributed by atoms with van der Waals surface area (Å²) in [5.41, 5.74) is 4.17. The van der Waals surface area contributed by atoms with Gasteiger partial charge in [0, 0.05) is 24.4 Å². The predicted octanol–water partition coefficient (Wildman–Crippen LogP) is 5.03. The molecule has 3 aromatic rings. The van der Waals surface area contributed by atoms with Crippen molar-refractivity contribution >= 4 is 11.9 Å². The van der Waals surface area contributed by atoms with E-state index in [2.05, 4.69) is 23.4 Å². The Balaban J connectivity index is 1.99. The fraction of sp³-hybridized carbons (Fsp3) is 0.324. The fourth-order valence-electron chi connectivity index (χ4n) is 4.76. The second-order valence-corrected chi connectivity index (χ2v) is 10.4. The van der Waals surface area contributed by atoms with Crippen molar-refractivity contribution in [3.8, 4) is 16.9 Å². The van der Waals surface area contributed by atoms with Crippen molar-refractivity contribution < 1.29 is 19.1 Å². The summed E-state index contributed by atoms with van der Waals surface area (Å²) < 4.78 is 12.3. The minimum atomic E-state index is -0.840. The van der Waals surface area contributed by atoms with Gasteiger partial charge in [0.15, 0.2) is 0 Å². The van der Waals surface area contributed by atoms with Crippen molar-refractivity contribution in [1.29, 1.82) is 0 Å². The summed E-state index contributed by atoms with van der Waals surface area (Å²) >= 11 is 0. The zero-order valence-electron chi connectivity index (χ0n) is 25.0. The molecule has 0 aliphatic carbocycles. The van der Waals surface area contributed by atoms with Gasteiger partial charge in [0.25, 0.3) is 5.56 Å². The Morgan fingerprint density at radius 1 is 1.07 bits per heavy atom. The van der Waals surface area contributed by atoms with Crippen LogP contribution in [0.1, 0.15) is 41.6 Å². The number of hydrogen-bond donors (Lipinski definition) is 1. The van der Waals surface area contributed by atoms with Gasteiger partial charge in [-0.15, -0.1) is 6.58 Å². The van der Waals surface area contributed by atoms with Gasteiger partial charge in [0.1, 0.15) is 18.4 Å². The first-order valence-electron chi connectivity index (χ1n) is 14.0. The summed E-state index contributed by atoms with van der Waals surface area (Å²) in [5.74, 6) is -0.160. The second kappa shape index (κ2) is 15.5. The third-order valence-corrected chi connectivity index (χ3v) is 6.96. The highest BCUT2D eigenvalue weighted by Gasteiger charge is 2.26. The highest BCUT2D eigenvalue weighted by atomic mass is 16.5. The number of carbonyl (C=O) groups is 2. The average Bonchev–Trinajstić information content (AvgIpc) is 2.98. The summed E-state index contributed by atoms with van der Waals surface area (Å²) in [6.45, 7) is 10.7. The maximum atomic E-state index is 13.8. The molecule has 1 amide bonds. The SMILES string of the molecule is C=CCOc1cccc(C)c1-c1cccc([C@H](CC(=O)OC)NC(=O)[C@H](CC=C)n2cc(CCN(C)C)ccc2=O)c1. The Bertz CT molecular complexity index is 1460. The van der Waals surface area contributed by atoms with E-state index in [1.165, 1.54) is 17.7 Å². The lowest BCUT2D eigenvalue weighted by atomic mass is 9.94. The van der Waals surface area contributed by atoms with Gasteiger partial charge in [-0.05, 0) is 68.2 Å². The van der Waals surface area contributed by atoms with Gasteiger partial charge in [-0.1, -0.05) is 55.1 Å². The molecule has 42 heavy (non-hydrogen) atoms. The normalized spacial score (nSPS) is 12.3. The number of pyridine rings is 1. The molecule has 0 spiro atoms. The highest BCUT2D eigenvalue weighted by molar-refractivity contribution is 5.82. The quantitative estimate of drug-likeness (QED) is 0.203. The molecule has 1 N–H and O–H groups in total. The number of hydrogen-bond acceptors (Lipinski definition) is 6. The Labute approximate surface area is 248 Å². The monoisotopic (exact) mass is 571 g/mol. The lowest BCUT2D eigenvalue weighted by Gasteiger charge is -2.24. The van der Waals surface area contributed by atoms with E-state index in [-0.39, 0.29) is 18.4 Å². The molecule has 1 heterocycles. The van der Waals surface area contributed by atoms with E-state index in [9.17, 15) is 14.4 Å². The predicted molar refractivity (Wildman–Crippen MR) is 167 cm³/mol. The number of allylic oxidation sites excluding steroid dienone is 1. The summed E-state index contributed by atoms with van der Waals surface area (Å²) in [5, 5.41) is 3.02. The summed E-state index contributed by atoms with van der Waals surface area (Å²) in [6, 6.07) is 15.2. The number of benzene rings is 2. The maximum absolute atomic E-state index is 13.8. The Morgan fingerprint density at radius 2 is 1.83 bits per heavy atom. The molecule has 0 saturated carbocycles. The molecular weight excluding hydrogens is 530 g/mol. The molecule has 1 aromatic heterocycles. The molecule has 8 heteroatoms. The van der Waals surface area contributed by atoms with E-state index in [1.54, 1.807) is 24.4 Å². The molecule has 2 aromatic carbocycles. The Hall–Kier alpha value is -4.43. The van der Waals surface area contributed by atoms with E-state index >= 15 is 0 Å². The second-order valence-electron chi connectivity index (χ2n) is 10.4. The number of rotatable bonds is 15. The minimum absolute atomic E-state index is 0.0854. The third kappa shape index (κ3) is 8.54. The van der Waals surface area contributed by atoms with E-state index in [4.69, 9.17) is 9.47 Å².